The average molecular weight is 233 g/mol. The van der Waals surface area contributed by atoms with Gasteiger partial charge in [-0.2, -0.15) is 0 Å². The van der Waals surface area contributed by atoms with Crippen molar-refractivity contribution in [3.05, 3.63) is 35.4 Å². The van der Waals surface area contributed by atoms with Crippen LogP contribution in [0.5, 0.6) is 0 Å². The van der Waals surface area contributed by atoms with E-state index in [0.29, 0.717) is 18.2 Å². The number of hydrogen-bond acceptors (Lipinski definition) is 2. The van der Waals surface area contributed by atoms with Gasteiger partial charge in [0, 0.05) is 18.7 Å². The summed E-state index contributed by atoms with van der Waals surface area (Å²) in [4.78, 5) is 0. The van der Waals surface area contributed by atoms with Crippen LogP contribution in [0.25, 0.3) is 0 Å². The van der Waals surface area contributed by atoms with Crippen molar-refractivity contribution >= 4 is 0 Å². The van der Waals surface area contributed by atoms with Crippen molar-refractivity contribution in [1.29, 1.82) is 0 Å². The molecular formula is C15H23NO. The first kappa shape index (κ1) is 12.6. The van der Waals surface area contributed by atoms with Crippen molar-refractivity contribution < 1.29 is 4.74 Å². The van der Waals surface area contributed by atoms with Crippen LogP contribution in [-0.2, 0) is 4.74 Å². The molecule has 3 atom stereocenters. The molecule has 1 aromatic carbocycles. The topological polar surface area (TPSA) is 21.3 Å². The molecule has 17 heavy (non-hydrogen) atoms. The monoisotopic (exact) mass is 233 g/mol. The molecule has 3 unspecified atom stereocenters. The predicted octanol–water partition coefficient (Wildman–Crippen LogP) is 3.21. The largest absolute Gasteiger partial charge is 0.378 e. The highest BCUT2D eigenvalue weighted by Gasteiger charge is 2.21. The molecule has 2 heteroatoms. The fourth-order valence-corrected chi connectivity index (χ4v) is 2.67. The smallest absolute Gasteiger partial charge is 0.0561 e. The third kappa shape index (κ3) is 3.30. The first-order valence-electron chi connectivity index (χ1n) is 6.60. The second kappa shape index (κ2) is 5.65. The van der Waals surface area contributed by atoms with Gasteiger partial charge in [-0.1, -0.05) is 24.3 Å². The molecule has 0 aromatic heterocycles. The van der Waals surface area contributed by atoms with E-state index in [1.54, 1.807) is 0 Å². The molecule has 0 radical (unpaired) electrons. The molecule has 1 saturated heterocycles. The lowest BCUT2D eigenvalue weighted by Gasteiger charge is -2.31. The molecule has 1 N–H and O–H groups in total. The van der Waals surface area contributed by atoms with Gasteiger partial charge in [0.05, 0.1) is 6.10 Å². The number of hydrogen-bond donors (Lipinski definition) is 1. The average Bonchev–Trinajstić information content (AvgIpc) is 2.29. The second-order valence-corrected chi connectivity index (χ2v) is 5.15. The fraction of sp³-hybridized carbons (Fsp3) is 0.600. The molecular weight excluding hydrogens is 210 g/mol. The first-order valence-corrected chi connectivity index (χ1v) is 6.60. The highest BCUT2D eigenvalue weighted by Crippen LogP contribution is 2.21. The Morgan fingerprint density at radius 2 is 2.12 bits per heavy atom. The van der Waals surface area contributed by atoms with Crippen molar-refractivity contribution in [3.63, 3.8) is 0 Å². The van der Waals surface area contributed by atoms with Crippen LogP contribution >= 0.6 is 0 Å². The Balaban J connectivity index is 1.97. The van der Waals surface area contributed by atoms with Crippen molar-refractivity contribution in [3.8, 4) is 0 Å². The van der Waals surface area contributed by atoms with Gasteiger partial charge in [-0.05, 0) is 44.7 Å². The minimum atomic E-state index is 0.394. The Morgan fingerprint density at radius 3 is 2.82 bits per heavy atom. The minimum Gasteiger partial charge on any atom is -0.378 e. The van der Waals surface area contributed by atoms with Crippen LogP contribution in [0.15, 0.2) is 24.3 Å². The maximum absolute atomic E-state index is 5.58. The Morgan fingerprint density at radius 1 is 1.35 bits per heavy atom. The molecule has 0 bridgehead atoms. The lowest BCUT2D eigenvalue weighted by atomic mass is 9.99. The number of benzene rings is 1. The fourth-order valence-electron chi connectivity index (χ4n) is 2.67. The summed E-state index contributed by atoms with van der Waals surface area (Å²) >= 11 is 0. The van der Waals surface area contributed by atoms with Gasteiger partial charge in [-0.25, -0.2) is 0 Å². The summed E-state index contributed by atoms with van der Waals surface area (Å²) in [5, 5.41) is 3.73. The summed E-state index contributed by atoms with van der Waals surface area (Å²) < 4.78 is 5.58. The van der Waals surface area contributed by atoms with Crippen LogP contribution in [0.2, 0.25) is 0 Å². The van der Waals surface area contributed by atoms with Crippen LogP contribution < -0.4 is 5.32 Å². The van der Waals surface area contributed by atoms with E-state index in [4.69, 9.17) is 4.74 Å². The van der Waals surface area contributed by atoms with Gasteiger partial charge in [-0.3, -0.25) is 0 Å². The summed E-state index contributed by atoms with van der Waals surface area (Å²) in [7, 11) is 0. The van der Waals surface area contributed by atoms with E-state index >= 15 is 0 Å². The third-order valence-electron chi connectivity index (χ3n) is 3.63. The molecule has 0 amide bonds. The van der Waals surface area contributed by atoms with Gasteiger partial charge in [0.1, 0.15) is 0 Å². The van der Waals surface area contributed by atoms with Crippen molar-refractivity contribution in [2.75, 3.05) is 6.61 Å². The number of nitrogens with one attached hydrogen (secondary N) is 1. The van der Waals surface area contributed by atoms with Crippen LogP contribution in [0, 0.1) is 6.92 Å². The van der Waals surface area contributed by atoms with E-state index in [-0.39, 0.29) is 0 Å². The predicted molar refractivity (Wildman–Crippen MR) is 71.2 cm³/mol. The maximum atomic E-state index is 5.58. The first-order chi connectivity index (χ1) is 8.16. The number of aryl methyl sites for hydroxylation is 1. The molecule has 0 aliphatic carbocycles. The quantitative estimate of drug-likeness (QED) is 0.865. The van der Waals surface area contributed by atoms with E-state index in [9.17, 15) is 0 Å². The lowest BCUT2D eigenvalue weighted by Crippen LogP contribution is -2.39. The molecule has 1 aliphatic heterocycles. The van der Waals surface area contributed by atoms with E-state index in [1.807, 2.05) is 0 Å². The summed E-state index contributed by atoms with van der Waals surface area (Å²) in [5.41, 5.74) is 2.78. The van der Waals surface area contributed by atoms with E-state index in [1.165, 1.54) is 11.1 Å². The molecule has 1 aliphatic rings. The molecule has 1 fully saturated rings. The molecule has 2 nitrogen and oxygen atoms in total. The maximum Gasteiger partial charge on any atom is 0.0561 e. The number of ether oxygens (including phenoxy) is 1. The zero-order chi connectivity index (χ0) is 12.3. The molecule has 0 spiro atoms. The van der Waals surface area contributed by atoms with Gasteiger partial charge in [0.25, 0.3) is 0 Å². The zero-order valence-corrected chi connectivity index (χ0v) is 11.1. The van der Waals surface area contributed by atoms with Crippen molar-refractivity contribution in [2.45, 2.75) is 51.8 Å². The SMILES string of the molecule is Cc1ccccc1C(C)NC1CCOC(C)C1. The van der Waals surface area contributed by atoms with E-state index < -0.39 is 0 Å². The standard InChI is InChI=1S/C15H23NO/c1-11-6-4-5-7-15(11)13(3)16-14-8-9-17-12(2)10-14/h4-7,12-14,16H,8-10H2,1-3H3. The zero-order valence-electron chi connectivity index (χ0n) is 11.1. The highest BCUT2D eigenvalue weighted by atomic mass is 16.5. The minimum absolute atomic E-state index is 0.394. The van der Waals surface area contributed by atoms with Crippen LogP contribution in [0.1, 0.15) is 43.9 Å². The summed E-state index contributed by atoms with van der Waals surface area (Å²) in [6.07, 6.45) is 2.64. The highest BCUT2D eigenvalue weighted by molar-refractivity contribution is 5.28. The van der Waals surface area contributed by atoms with Gasteiger partial charge in [0.2, 0.25) is 0 Å². The molecule has 1 heterocycles. The summed E-state index contributed by atoms with van der Waals surface area (Å²) in [6, 6.07) is 9.63. The van der Waals surface area contributed by atoms with Crippen LogP contribution in [0.4, 0.5) is 0 Å². The summed E-state index contributed by atoms with van der Waals surface area (Å²) in [5.74, 6) is 0. The Labute approximate surface area is 104 Å². The molecule has 0 saturated carbocycles. The van der Waals surface area contributed by atoms with Gasteiger partial charge >= 0.3 is 0 Å². The Bertz CT molecular complexity index is 364. The van der Waals surface area contributed by atoms with E-state index in [0.717, 1.165) is 19.4 Å². The lowest BCUT2D eigenvalue weighted by molar-refractivity contribution is 0.0116. The second-order valence-electron chi connectivity index (χ2n) is 5.15. The Hall–Kier alpha value is -0.860. The van der Waals surface area contributed by atoms with Gasteiger partial charge < -0.3 is 10.1 Å². The Kier molecular flexibility index (Phi) is 4.19. The molecule has 1 aromatic rings. The molecule has 2 rings (SSSR count). The van der Waals surface area contributed by atoms with Crippen LogP contribution in [0.3, 0.4) is 0 Å². The van der Waals surface area contributed by atoms with Crippen molar-refractivity contribution in [1.82, 2.24) is 5.32 Å². The van der Waals surface area contributed by atoms with Crippen LogP contribution in [-0.4, -0.2) is 18.8 Å². The van der Waals surface area contributed by atoms with E-state index in [2.05, 4.69) is 50.4 Å². The van der Waals surface area contributed by atoms with Crippen molar-refractivity contribution in [2.24, 2.45) is 0 Å². The number of rotatable bonds is 3. The van der Waals surface area contributed by atoms with Gasteiger partial charge in [-0.15, -0.1) is 0 Å². The molecule has 94 valence electrons. The third-order valence-corrected chi connectivity index (χ3v) is 3.63. The van der Waals surface area contributed by atoms with Gasteiger partial charge in [0.15, 0.2) is 0 Å². The summed E-state index contributed by atoms with van der Waals surface area (Å²) in [6.45, 7) is 7.48. The normalized spacial score (nSPS) is 26.8.